The first-order chi connectivity index (χ1) is 15.2. The van der Waals surface area contributed by atoms with Crippen LogP contribution in [0.1, 0.15) is 64.2 Å². The average Bonchev–Trinajstić information content (AvgIpc) is 2.80. The van der Waals surface area contributed by atoms with Gasteiger partial charge in [-0.2, -0.15) is 0 Å². The first-order valence-corrected chi connectivity index (χ1v) is 13.7. The summed E-state index contributed by atoms with van der Waals surface area (Å²) in [7, 11) is 0. The van der Waals surface area contributed by atoms with Crippen molar-refractivity contribution in [1.29, 1.82) is 0 Å². The maximum Gasteiger partial charge on any atom is 0.186 e. The summed E-state index contributed by atoms with van der Waals surface area (Å²) in [5.74, 6) is 1.56. The van der Waals surface area contributed by atoms with Gasteiger partial charge >= 0.3 is 0 Å². The van der Waals surface area contributed by atoms with Crippen LogP contribution < -0.4 is 0 Å². The second kappa shape index (κ2) is 15.8. The Balaban J connectivity index is 2.34. The smallest absolute Gasteiger partial charge is 0.186 e. The Morgan fingerprint density at radius 3 is 1.03 bits per heavy atom. The van der Waals surface area contributed by atoms with Gasteiger partial charge in [0.15, 0.2) is 12.6 Å². The minimum Gasteiger partial charge on any atom is -0.358 e. The molecule has 9 heteroatoms. The fraction of sp³-hybridized carbons (Fsp3) is 1.00. The van der Waals surface area contributed by atoms with Crippen molar-refractivity contribution in [3.63, 3.8) is 0 Å². The van der Waals surface area contributed by atoms with E-state index in [-0.39, 0.29) is 0 Å². The molecule has 0 saturated heterocycles. The van der Waals surface area contributed by atoms with E-state index >= 15 is 0 Å². The number of rotatable bonds is 16. The predicted octanol–water partition coefficient (Wildman–Crippen LogP) is 6.08. The molecule has 2 aliphatic rings. The summed E-state index contributed by atoms with van der Waals surface area (Å²) in [4.78, 5) is 0. The zero-order chi connectivity index (χ0) is 22.4. The van der Waals surface area contributed by atoms with Crippen molar-refractivity contribution >= 4 is 46.4 Å². The molecule has 2 saturated carbocycles. The van der Waals surface area contributed by atoms with E-state index in [1.54, 1.807) is 0 Å². The zero-order valence-electron chi connectivity index (χ0n) is 18.4. The average molecular weight is 524 g/mol. The second-order valence-corrected chi connectivity index (χ2v) is 9.77. The lowest BCUT2D eigenvalue weighted by Crippen LogP contribution is -2.60. The fourth-order valence-electron chi connectivity index (χ4n) is 4.79. The van der Waals surface area contributed by atoms with Gasteiger partial charge in [0.1, 0.15) is 11.2 Å². The maximum atomic E-state index is 7.15. The molecule has 0 amide bonds. The highest BCUT2D eigenvalue weighted by molar-refractivity contribution is 6.18. The monoisotopic (exact) mass is 522 g/mol. The van der Waals surface area contributed by atoms with Gasteiger partial charge in [-0.25, -0.2) is 0 Å². The quantitative estimate of drug-likeness (QED) is 0.181. The number of hydrogen-bond acceptors (Lipinski definition) is 5. The Hall–Kier alpha value is 0.960. The molecule has 0 heterocycles. The number of ether oxygens (including phenoxy) is 5. The van der Waals surface area contributed by atoms with E-state index in [2.05, 4.69) is 0 Å². The minimum absolute atomic E-state index is 0.390. The molecular weight excluding hydrogens is 486 g/mol. The molecule has 184 valence electrons. The van der Waals surface area contributed by atoms with Crippen LogP contribution >= 0.6 is 46.4 Å². The molecule has 0 spiro atoms. The van der Waals surface area contributed by atoms with Crippen molar-refractivity contribution in [2.24, 2.45) is 0 Å². The highest BCUT2D eigenvalue weighted by atomic mass is 35.5. The summed E-state index contributed by atoms with van der Waals surface area (Å²) < 4.78 is 31.6. The maximum absolute atomic E-state index is 7.15. The fourth-order valence-corrected chi connectivity index (χ4v) is 5.14. The Kier molecular flexibility index (Phi) is 14.4. The Labute approximate surface area is 207 Å². The molecule has 0 N–H and O–H groups in total. The summed E-state index contributed by atoms with van der Waals surface area (Å²) in [5, 5.41) is 0. The third-order valence-corrected chi connectivity index (χ3v) is 6.67. The standard InChI is InChI=1S/C22H38Cl4O5/c23-11-15-27-19(28-16-12-24)21(7-3-1-4-8-21)31-22(9-5-2-6-10-22)20(29-17-13-25)30-18-14-26/h19-20H,1-18H2. The first kappa shape index (κ1) is 28.2. The summed E-state index contributed by atoms with van der Waals surface area (Å²) in [6.07, 6.45) is 8.88. The van der Waals surface area contributed by atoms with Crippen LogP contribution in [0.4, 0.5) is 0 Å². The Bertz CT molecular complexity index is 403. The van der Waals surface area contributed by atoms with Gasteiger partial charge in [-0.3, -0.25) is 0 Å². The molecule has 0 unspecified atom stereocenters. The van der Waals surface area contributed by atoms with Crippen LogP contribution in [0.25, 0.3) is 0 Å². The van der Waals surface area contributed by atoms with E-state index < -0.39 is 23.8 Å². The van der Waals surface area contributed by atoms with E-state index in [1.807, 2.05) is 0 Å². The van der Waals surface area contributed by atoms with Crippen LogP contribution in [-0.2, 0) is 23.7 Å². The number of halogens is 4. The van der Waals surface area contributed by atoms with Crippen molar-refractivity contribution in [2.75, 3.05) is 49.9 Å². The summed E-state index contributed by atoms with van der Waals surface area (Å²) >= 11 is 23.7. The lowest BCUT2D eigenvalue weighted by Gasteiger charge is -2.52. The first-order valence-electron chi connectivity index (χ1n) is 11.6. The van der Waals surface area contributed by atoms with Gasteiger partial charge < -0.3 is 23.7 Å². The van der Waals surface area contributed by atoms with Gasteiger partial charge in [0, 0.05) is 23.5 Å². The third-order valence-electron chi connectivity index (χ3n) is 6.05. The minimum atomic E-state index is -0.597. The molecule has 2 fully saturated rings. The lowest BCUT2D eigenvalue weighted by molar-refractivity contribution is -0.342. The largest absolute Gasteiger partial charge is 0.358 e. The molecular formula is C22H38Cl4O5. The number of alkyl halides is 4. The molecule has 0 bridgehead atoms. The predicted molar refractivity (Wildman–Crippen MR) is 127 cm³/mol. The van der Waals surface area contributed by atoms with Crippen LogP contribution in [0, 0.1) is 0 Å². The number of hydrogen-bond donors (Lipinski definition) is 0. The van der Waals surface area contributed by atoms with Crippen molar-refractivity contribution in [3.05, 3.63) is 0 Å². The molecule has 2 aliphatic carbocycles. The molecule has 0 aliphatic heterocycles. The zero-order valence-corrected chi connectivity index (χ0v) is 21.5. The molecule has 2 rings (SSSR count). The lowest BCUT2D eigenvalue weighted by atomic mass is 9.79. The van der Waals surface area contributed by atoms with E-state index in [9.17, 15) is 0 Å². The van der Waals surface area contributed by atoms with Crippen molar-refractivity contribution in [1.82, 2.24) is 0 Å². The highest BCUT2D eigenvalue weighted by Gasteiger charge is 2.53. The van der Waals surface area contributed by atoms with E-state index in [4.69, 9.17) is 70.1 Å². The van der Waals surface area contributed by atoms with Gasteiger partial charge in [-0.1, -0.05) is 38.5 Å². The van der Waals surface area contributed by atoms with Gasteiger partial charge in [0.2, 0.25) is 0 Å². The summed E-state index contributed by atoms with van der Waals surface area (Å²) in [5.41, 5.74) is -1.19. The van der Waals surface area contributed by atoms with Gasteiger partial charge in [0.25, 0.3) is 0 Å². The summed E-state index contributed by atoms with van der Waals surface area (Å²) in [6, 6.07) is 0. The molecule has 0 atom stereocenters. The summed E-state index contributed by atoms with van der Waals surface area (Å²) in [6.45, 7) is 1.56. The normalized spacial score (nSPS) is 21.1. The third kappa shape index (κ3) is 8.60. The Morgan fingerprint density at radius 2 is 0.774 bits per heavy atom. The van der Waals surface area contributed by atoms with E-state index in [0.717, 1.165) is 51.4 Å². The molecule has 5 nitrogen and oxygen atoms in total. The van der Waals surface area contributed by atoms with Gasteiger partial charge in [-0.05, 0) is 25.7 Å². The van der Waals surface area contributed by atoms with E-state index in [0.29, 0.717) is 49.9 Å². The van der Waals surface area contributed by atoms with Crippen LogP contribution in [0.15, 0.2) is 0 Å². The van der Waals surface area contributed by atoms with Crippen LogP contribution in [0.3, 0.4) is 0 Å². The van der Waals surface area contributed by atoms with E-state index in [1.165, 1.54) is 12.8 Å². The van der Waals surface area contributed by atoms with Crippen molar-refractivity contribution < 1.29 is 23.7 Å². The Morgan fingerprint density at radius 1 is 0.484 bits per heavy atom. The molecule has 31 heavy (non-hydrogen) atoms. The molecule has 0 radical (unpaired) electrons. The van der Waals surface area contributed by atoms with Crippen LogP contribution in [0.2, 0.25) is 0 Å². The van der Waals surface area contributed by atoms with Crippen molar-refractivity contribution in [3.8, 4) is 0 Å². The highest BCUT2D eigenvalue weighted by Crippen LogP contribution is 2.46. The van der Waals surface area contributed by atoms with Gasteiger partial charge in [0.05, 0.1) is 26.4 Å². The van der Waals surface area contributed by atoms with Crippen molar-refractivity contribution in [2.45, 2.75) is 88.0 Å². The SMILES string of the molecule is ClCCOC(OCCCl)C1(OC2(C(OCCCl)OCCCl)CCCCC2)CCCCC1. The van der Waals surface area contributed by atoms with Crippen LogP contribution in [-0.4, -0.2) is 73.7 Å². The van der Waals surface area contributed by atoms with Gasteiger partial charge in [-0.15, -0.1) is 46.4 Å². The second-order valence-electron chi connectivity index (χ2n) is 8.26. The molecule has 0 aromatic rings. The molecule has 0 aromatic heterocycles. The topological polar surface area (TPSA) is 46.2 Å². The molecule has 0 aromatic carbocycles. The van der Waals surface area contributed by atoms with Crippen LogP contribution in [0.5, 0.6) is 0 Å².